The second kappa shape index (κ2) is 10.0. The van der Waals surface area contributed by atoms with Crippen molar-refractivity contribution in [1.82, 2.24) is 20.1 Å². The highest BCUT2D eigenvalue weighted by molar-refractivity contribution is 5.78. The number of hydrogen-bond acceptors (Lipinski definition) is 6. The molecule has 0 spiro atoms. The molecule has 2 atom stereocenters. The van der Waals surface area contributed by atoms with E-state index < -0.39 is 0 Å². The summed E-state index contributed by atoms with van der Waals surface area (Å²) in [5.74, 6) is 0.945. The van der Waals surface area contributed by atoms with Crippen molar-refractivity contribution in [2.24, 2.45) is 0 Å². The van der Waals surface area contributed by atoms with Crippen LogP contribution >= 0.6 is 0 Å². The molecule has 30 heavy (non-hydrogen) atoms. The molecule has 2 aliphatic rings. The summed E-state index contributed by atoms with van der Waals surface area (Å²) >= 11 is 0. The normalized spacial score (nSPS) is 21.2. The number of ether oxygens (including phenoxy) is 2. The van der Waals surface area contributed by atoms with Gasteiger partial charge in [0, 0.05) is 50.7 Å². The van der Waals surface area contributed by atoms with Crippen LogP contribution in [0.15, 0.2) is 48.8 Å². The minimum Gasteiger partial charge on any atom is -0.489 e. The molecule has 1 N–H and O–H groups in total. The molecule has 0 aliphatic carbocycles. The van der Waals surface area contributed by atoms with E-state index >= 15 is 0 Å². The van der Waals surface area contributed by atoms with Crippen LogP contribution in [0.25, 0.3) is 0 Å². The van der Waals surface area contributed by atoms with E-state index in [9.17, 15) is 4.79 Å². The molecule has 0 saturated carbocycles. The Balaban J connectivity index is 1.37. The summed E-state index contributed by atoms with van der Waals surface area (Å²) in [6.07, 6.45) is 3.70. The lowest BCUT2D eigenvalue weighted by molar-refractivity contribution is -0.122. The lowest BCUT2D eigenvalue weighted by Crippen LogP contribution is -2.46. The standard InChI is InChI=1S/C23H30N4O3/c1-18-15-26(16-20-5-2-3-7-22(20)30-18)17-23(28)25-14-21(19-6-4-8-24-13-19)27-9-11-29-12-10-27/h2-8,13,18,21H,9-12,14-17H2,1H3,(H,25,28). The number of amides is 1. The zero-order valence-corrected chi connectivity index (χ0v) is 17.5. The van der Waals surface area contributed by atoms with Gasteiger partial charge in [0.05, 0.1) is 25.8 Å². The molecule has 1 amide bonds. The summed E-state index contributed by atoms with van der Waals surface area (Å²) in [6, 6.07) is 12.2. The summed E-state index contributed by atoms with van der Waals surface area (Å²) in [5.41, 5.74) is 2.24. The van der Waals surface area contributed by atoms with Gasteiger partial charge < -0.3 is 14.8 Å². The van der Waals surface area contributed by atoms with Crippen molar-refractivity contribution >= 4 is 5.91 Å². The van der Waals surface area contributed by atoms with Gasteiger partial charge in [-0.25, -0.2) is 0 Å². The third-order valence-electron chi connectivity index (χ3n) is 5.63. The number of nitrogens with zero attached hydrogens (tertiary/aromatic N) is 3. The number of morpholine rings is 1. The Labute approximate surface area is 178 Å². The first-order valence-electron chi connectivity index (χ1n) is 10.6. The largest absolute Gasteiger partial charge is 0.489 e. The Morgan fingerprint density at radius 3 is 2.87 bits per heavy atom. The molecule has 7 heteroatoms. The van der Waals surface area contributed by atoms with Gasteiger partial charge in [0.1, 0.15) is 11.9 Å². The third kappa shape index (κ3) is 5.36. The highest BCUT2D eigenvalue weighted by Gasteiger charge is 2.25. The lowest BCUT2D eigenvalue weighted by Gasteiger charge is -2.34. The number of benzene rings is 1. The van der Waals surface area contributed by atoms with Crippen LogP contribution in [0.5, 0.6) is 5.75 Å². The van der Waals surface area contributed by atoms with Gasteiger partial charge in [-0.1, -0.05) is 24.3 Å². The SMILES string of the molecule is CC1CN(CC(=O)NCC(c2cccnc2)N2CCOCC2)Cc2ccccc2O1. The van der Waals surface area contributed by atoms with E-state index in [1.807, 2.05) is 37.4 Å². The zero-order chi connectivity index (χ0) is 20.8. The van der Waals surface area contributed by atoms with Crippen LogP contribution in [-0.2, 0) is 16.1 Å². The topological polar surface area (TPSA) is 66.9 Å². The summed E-state index contributed by atoms with van der Waals surface area (Å²) in [5, 5.41) is 3.15. The minimum atomic E-state index is 0.0312. The number of aromatic nitrogens is 1. The smallest absolute Gasteiger partial charge is 0.234 e. The molecule has 160 valence electrons. The molecule has 1 aromatic carbocycles. The fourth-order valence-electron chi connectivity index (χ4n) is 4.18. The maximum Gasteiger partial charge on any atom is 0.234 e. The van der Waals surface area contributed by atoms with Gasteiger partial charge in [-0.05, 0) is 24.6 Å². The average molecular weight is 411 g/mol. The fraction of sp³-hybridized carbons (Fsp3) is 0.478. The van der Waals surface area contributed by atoms with Crippen LogP contribution in [0.4, 0.5) is 0 Å². The third-order valence-corrected chi connectivity index (χ3v) is 5.63. The van der Waals surface area contributed by atoms with Crippen LogP contribution in [0.3, 0.4) is 0 Å². The number of carbonyl (C=O) groups is 1. The van der Waals surface area contributed by atoms with E-state index in [0.717, 1.165) is 49.7 Å². The molecule has 0 radical (unpaired) electrons. The minimum absolute atomic E-state index is 0.0312. The quantitative estimate of drug-likeness (QED) is 0.784. The van der Waals surface area contributed by atoms with Gasteiger partial charge in [-0.2, -0.15) is 0 Å². The van der Waals surface area contributed by atoms with Crippen molar-refractivity contribution in [2.45, 2.75) is 25.6 Å². The molecule has 1 aromatic heterocycles. The van der Waals surface area contributed by atoms with Crippen molar-refractivity contribution in [3.8, 4) is 5.75 Å². The van der Waals surface area contributed by atoms with E-state index in [4.69, 9.17) is 9.47 Å². The van der Waals surface area contributed by atoms with Gasteiger partial charge in [-0.15, -0.1) is 0 Å². The van der Waals surface area contributed by atoms with Gasteiger partial charge in [-0.3, -0.25) is 19.6 Å². The van der Waals surface area contributed by atoms with E-state index in [1.54, 1.807) is 6.20 Å². The highest BCUT2D eigenvalue weighted by atomic mass is 16.5. The number of pyridine rings is 1. The van der Waals surface area contributed by atoms with Crippen LogP contribution in [0.2, 0.25) is 0 Å². The molecular formula is C23H30N4O3. The van der Waals surface area contributed by atoms with Gasteiger partial charge in [0.2, 0.25) is 5.91 Å². The summed E-state index contributed by atoms with van der Waals surface area (Å²) in [4.78, 5) is 21.6. The number of para-hydroxylation sites is 1. The van der Waals surface area contributed by atoms with E-state index in [-0.39, 0.29) is 18.1 Å². The molecule has 2 aliphatic heterocycles. The fourth-order valence-corrected chi connectivity index (χ4v) is 4.18. The molecule has 2 unspecified atom stereocenters. The molecule has 0 bridgehead atoms. The van der Waals surface area contributed by atoms with Crippen molar-refractivity contribution < 1.29 is 14.3 Å². The number of fused-ring (bicyclic) bond motifs is 1. The van der Waals surface area contributed by atoms with Crippen LogP contribution in [0, 0.1) is 0 Å². The molecule has 4 rings (SSSR count). The maximum absolute atomic E-state index is 12.8. The second-order valence-electron chi connectivity index (χ2n) is 7.96. The number of hydrogen-bond donors (Lipinski definition) is 1. The highest BCUT2D eigenvalue weighted by Crippen LogP contribution is 2.24. The molecule has 7 nitrogen and oxygen atoms in total. The maximum atomic E-state index is 12.8. The lowest BCUT2D eigenvalue weighted by atomic mass is 10.1. The number of nitrogens with one attached hydrogen (secondary N) is 1. The monoisotopic (exact) mass is 410 g/mol. The second-order valence-corrected chi connectivity index (χ2v) is 7.96. The van der Waals surface area contributed by atoms with Crippen molar-refractivity contribution in [3.05, 3.63) is 59.9 Å². The van der Waals surface area contributed by atoms with Crippen molar-refractivity contribution in [3.63, 3.8) is 0 Å². The first-order valence-corrected chi connectivity index (χ1v) is 10.6. The Bertz CT molecular complexity index is 826. The van der Waals surface area contributed by atoms with E-state index in [2.05, 4.69) is 32.2 Å². The summed E-state index contributed by atoms with van der Waals surface area (Å²) in [6.45, 7) is 7.53. The first kappa shape index (κ1) is 20.8. The average Bonchev–Trinajstić information content (AvgIpc) is 2.92. The van der Waals surface area contributed by atoms with Crippen LogP contribution in [0.1, 0.15) is 24.1 Å². The molecule has 1 fully saturated rings. The van der Waals surface area contributed by atoms with Gasteiger partial charge in [0.25, 0.3) is 0 Å². The zero-order valence-electron chi connectivity index (χ0n) is 17.5. The summed E-state index contributed by atoms with van der Waals surface area (Å²) in [7, 11) is 0. The molecule has 1 saturated heterocycles. The number of rotatable bonds is 6. The summed E-state index contributed by atoms with van der Waals surface area (Å²) < 4.78 is 11.5. The molecule has 3 heterocycles. The van der Waals surface area contributed by atoms with E-state index in [0.29, 0.717) is 19.6 Å². The van der Waals surface area contributed by atoms with Crippen LogP contribution < -0.4 is 10.1 Å². The Hall–Kier alpha value is -2.48. The Morgan fingerprint density at radius 1 is 1.23 bits per heavy atom. The van der Waals surface area contributed by atoms with Crippen molar-refractivity contribution in [2.75, 3.05) is 45.9 Å². The Morgan fingerprint density at radius 2 is 2.07 bits per heavy atom. The van der Waals surface area contributed by atoms with Crippen molar-refractivity contribution in [1.29, 1.82) is 0 Å². The number of carbonyl (C=O) groups excluding carboxylic acids is 1. The Kier molecular flexibility index (Phi) is 6.94. The van der Waals surface area contributed by atoms with Gasteiger partial charge in [0.15, 0.2) is 0 Å². The molecule has 2 aromatic rings. The van der Waals surface area contributed by atoms with E-state index in [1.165, 1.54) is 0 Å². The molecular weight excluding hydrogens is 380 g/mol. The van der Waals surface area contributed by atoms with Gasteiger partial charge >= 0.3 is 0 Å². The predicted molar refractivity (Wildman–Crippen MR) is 114 cm³/mol. The first-order chi connectivity index (χ1) is 14.7. The van der Waals surface area contributed by atoms with Crippen LogP contribution in [-0.4, -0.2) is 72.7 Å². The predicted octanol–water partition coefficient (Wildman–Crippen LogP) is 1.85.